The monoisotopic (exact) mass is 417 g/mol. The number of aromatic nitrogens is 1. The van der Waals surface area contributed by atoms with Gasteiger partial charge in [0.1, 0.15) is 0 Å². The molecule has 1 aliphatic rings. The van der Waals surface area contributed by atoms with Crippen LogP contribution in [-0.4, -0.2) is 49.9 Å². The Hall–Kier alpha value is -2.33. The zero-order valence-electron chi connectivity index (χ0n) is 15.2. The van der Waals surface area contributed by atoms with E-state index in [1.807, 2.05) is 25.1 Å². The van der Waals surface area contributed by atoms with Crippen LogP contribution in [0.3, 0.4) is 0 Å². The van der Waals surface area contributed by atoms with E-state index in [4.69, 9.17) is 4.74 Å². The summed E-state index contributed by atoms with van der Waals surface area (Å²) in [5, 5.41) is 3.26. The molecule has 0 saturated carbocycles. The van der Waals surface area contributed by atoms with Crippen LogP contribution in [0.1, 0.15) is 15.9 Å². The third-order valence-electron chi connectivity index (χ3n) is 4.55. The number of nitrogens with zero attached hydrogens (tertiary/aromatic N) is 2. The number of hydrogen-bond acceptors (Lipinski definition) is 6. The van der Waals surface area contributed by atoms with Gasteiger partial charge in [-0.25, -0.2) is 13.4 Å². The highest BCUT2D eigenvalue weighted by Gasteiger charge is 2.27. The molecule has 0 bridgehead atoms. The summed E-state index contributed by atoms with van der Waals surface area (Å²) in [4.78, 5) is 17.2. The lowest BCUT2D eigenvalue weighted by Gasteiger charge is -2.26. The number of benzene rings is 2. The fraction of sp³-hybridized carbons (Fsp3) is 0.263. The summed E-state index contributed by atoms with van der Waals surface area (Å²) in [6.45, 7) is 3.33. The summed E-state index contributed by atoms with van der Waals surface area (Å²) in [6.07, 6.45) is 0. The van der Waals surface area contributed by atoms with Crippen molar-refractivity contribution in [1.82, 2.24) is 9.29 Å². The molecule has 146 valence electrons. The molecule has 0 radical (unpaired) electrons. The Bertz CT molecular complexity index is 1140. The number of carbonyl (C=O) groups excluding carboxylic acids is 1. The molecule has 2 aromatic carbocycles. The third kappa shape index (κ3) is 3.66. The van der Waals surface area contributed by atoms with E-state index in [9.17, 15) is 13.2 Å². The van der Waals surface area contributed by atoms with Gasteiger partial charge in [-0.3, -0.25) is 10.1 Å². The van der Waals surface area contributed by atoms with E-state index in [1.54, 1.807) is 12.1 Å². The van der Waals surface area contributed by atoms with Gasteiger partial charge in [0.05, 0.1) is 28.3 Å². The second-order valence-electron chi connectivity index (χ2n) is 6.44. The van der Waals surface area contributed by atoms with E-state index >= 15 is 0 Å². The second-order valence-corrected chi connectivity index (χ2v) is 9.41. The number of sulfonamides is 1. The van der Waals surface area contributed by atoms with Crippen LogP contribution in [0.2, 0.25) is 0 Å². The molecule has 0 spiro atoms. The van der Waals surface area contributed by atoms with Gasteiger partial charge in [0.2, 0.25) is 10.0 Å². The van der Waals surface area contributed by atoms with E-state index in [0.29, 0.717) is 31.4 Å². The van der Waals surface area contributed by atoms with Gasteiger partial charge in [0, 0.05) is 18.7 Å². The van der Waals surface area contributed by atoms with Gasteiger partial charge in [-0.2, -0.15) is 4.31 Å². The predicted molar refractivity (Wildman–Crippen MR) is 108 cm³/mol. The van der Waals surface area contributed by atoms with Gasteiger partial charge < -0.3 is 4.74 Å². The minimum atomic E-state index is -3.66. The summed E-state index contributed by atoms with van der Waals surface area (Å²) in [5.41, 5.74) is 2.16. The minimum absolute atomic E-state index is 0.0993. The van der Waals surface area contributed by atoms with Crippen molar-refractivity contribution < 1.29 is 17.9 Å². The second kappa shape index (κ2) is 7.59. The molecule has 1 fully saturated rings. The Labute approximate surface area is 167 Å². The molecule has 0 aliphatic carbocycles. The maximum atomic E-state index is 12.8. The number of thiazole rings is 1. The maximum absolute atomic E-state index is 12.8. The van der Waals surface area contributed by atoms with E-state index < -0.39 is 15.9 Å². The average molecular weight is 418 g/mol. The van der Waals surface area contributed by atoms with Crippen molar-refractivity contribution in [2.45, 2.75) is 11.8 Å². The van der Waals surface area contributed by atoms with Crippen LogP contribution in [0.25, 0.3) is 10.2 Å². The molecule has 9 heteroatoms. The number of para-hydroxylation sites is 1. The predicted octanol–water partition coefficient (Wildman–Crippen LogP) is 2.88. The molecule has 1 aromatic heterocycles. The van der Waals surface area contributed by atoms with Crippen molar-refractivity contribution in [3.63, 3.8) is 0 Å². The zero-order chi connectivity index (χ0) is 19.7. The normalized spacial score (nSPS) is 15.6. The molecule has 7 nitrogen and oxygen atoms in total. The molecule has 4 rings (SSSR count). The standard InChI is InChI=1S/C19H19N3O4S2/c1-13-4-2-7-16-17(13)20-19(27-16)21-18(23)14-5-3-6-15(12-14)28(24,25)22-8-10-26-11-9-22/h2-7,12H,8-11H2,1H3,(H,20,21,23). The smallest absolute Gasteiger partial charge is 0.257 e. The van der Waals surface area contributed by atoms with E-state index in [1.165, 1.54) is 27.8 Å². The number of fused-ring (bicyclic) bond motifs is 1. The number of anilines is 1. The molecule has 0 atom stereocenters. The lowest BCUT2D eigenvalue weighted by molar-refractivity contribution is 0.0730. The van der Waals surface area contributed by atoms with Crippen molar-refractivity contribution >= 4 is 42.6 Å². The SMILES string of the molecule is Cc1cccc2sc(NC(=O)c3cccc(S(=O)(=O)N4CCOCC4)c3)nc12. The van der Waals surface area contributed by atoms with E-state index in [-0.39, 0.29) is 10.5 Å². The van der Waals surface area contributed by atoms with Crippen molar-refractivity contribution in [3.05, 3.63) is 53.6 Å². The largest absolute Gasteiger partial charge is 0.379 e. The lowest BCUT2D eigenvalue weighted by atomic mass is 10.2. The molecular weight excluding hydrogens is 398 g/mol. The Kier molecular flexibility index (Phi) is 5.15. The fourth-order valence-electron chi connectivity index (χ4n) is 3.04. The van der Waals surface area contributed by atoms with Crippen LogP contribution < -0.4 is 5.32 Å². The van der Waals surface area contributed by atoms with Crippen molar-refractivity contribution in [3.8, 4) is 0 Å². The van der Waals surface area contributed by atoms with Gasteiger partial charge in [0.15, 0.2) is 5.13 Å². The quantitative estimate of drug-likeness (QED) is 0.705. The summed E-state index contributed by atoms with van der Waals surface area (Å²) < 4.78 is 33.2. The van der Waals surface area contributed by atoms with Gasteiger partial charge in [-0.1, -0.05) is 29.5 Å². The summed E-state index contributed by atoms with van der Waals surface area (Å²) in [5.74, 6) is -0.393. The van der Waals surface area contributed by atoms with Crippen LogP contribution in [0.15, 0.2) is 47.4 Å². The Morgan fingerprint density at radius 1 is 1.18 bits per heavy atom. The topological polar surface area (TPSA) is 88.6 Å². The average Bonchev–Trinajstić information content (AvgIpc) is 3.12. The molecular formula is C19H19N3O4S2. The van der Waals surface area contributed by atoms with Crippen LogP contribution in [0.4, 0.5) is 5.13 Å². The van der Waals surface area contributed by atoms with Crippen molar-refractivity contribution in [2.75, 3.05) is 31.6 Å². The first kappa shape index (κ1) is 19.0. The Morgan fingerprint density at radius 3 is 2.68 bits per heavy atom. The van der Waals surface area contributed by atoms with Crippen molar-refractivity contribution in [2.24, 2.45) is 0 Å². The number of aryl methyl sites for hydroxylation is 1. The molecule has 2 heterocycles. The van der Waals surface area contributed by atoms with Gasteiger partial charge >= 0.3 is 0 Å². The highest BCUT2D eigenvalue weighted by atomic mass is 32.2. The van der Waals surface area contributed by atoms with Gasteiger partial charge in [-0.15, -0.1) is 0 Å². The zero-order valence-corrected chi connectivity index (χ0v) is 16.8. The van der Waals surface area contributed by atoms with Crippen LogP contribution in [-0.2, 0) is 14.8 Å². The fourth-order valence-corrected chi connectivity index (χ4v) is 5.44. The first-order valence-corrected chi connectivity index (χ1v) is 11.1. The first-order chi connectivity index (χ1) is 13.4. The summed E-state index contributed by atoms with van der Waals surface area (Å²) in [7, 11) is -3.66. The maximum Gasteiger partial charge on any atom is 0.257 e. The number of amides is 1. The van der Waals surface area contributed by atoms with E-state index in [0.717, 1.165) is 15.8 Å². The molecule has 1 amide bonds. The number of rotatable bonds is 4. The van der Waals surface area contributed by atoms with E-state index in [2.05, 4.69) is 10.3 Å². The van der Waals surface area contributed by atoms with Crippen LogP contribution in [0.5, 0.6) is 0 Å². The Morgan fingerprint density at radius 2 is 1.93 bits per heavy atom. The summed E-state index contributed by atoms with van der Waals surface area (Å²) >= 11 is 1.38. The Balaban J connectivity index is 1.58. The van der Waals surface area contributed by atoms with Crippen LogP contribution >= 0.6 is 11.3 Å². The number of nitrogens with one attached hydrogen (secondary N) is 1. The van der Waals surface area contributed by atoms with Crippen molar-refractivity contribution in [1.29, 1.82) is 0 Å². The van der Waals surface area contributed by atoms with Gasteiger partial charge in [-0.05, 0) is 36.8 Å². The highest BCUT2D eigenvalue weighted by Crippen LogP contribution is 2.28. The third-order valence-corrected chi connectivity index (χ3v) is 7.38. The number of ether oxygens (including phenoxy) is 1. The number of morpholine rings is 1. The molecule has 0 unspecified atom stereocenters. The first-order valence-electron chi connectivity index (χ1n) is 8.80. The molecule has 3 aromatic rings. The molecule has 1 saturated heterocycles. The number of carbonyl (C=O) groups is 1. The van der Waals surface area contributed by atoms with Gasteiger partial charge in [0.25, 0.3) is 5.91 Å². The number of hydrogen-bond donors (Lipinski definition) is 1. The van der Waals surface area contributed by atoms with Crippen LogP contribution in [0, 0.1) is 6.92 Å². The molecule has 28 heavy (non-hydrogen) atoms. The lowest BCUT2D eigenvalue weighted by Crippen LogP contribution is -2.40. The molecule has 1 aliphatic heterocycles. The summed E-state index contributed by atoms with van der Waals surface area (Å²) in [6, 6.07) is 11.9. The minimum Gasteiger partial charge on any atom is -0.379 e. The molecule has 1 N–H and O–H groups in total. The highest BCUT2D eigenvalue weighted by molar-refractivity contribution is 7.89.